The third-order valence-corrected chi connectivity index (χ3v) is 5.82. The Kier molecular flexibility index (Phi) is 4.60. The minimum Gasteiger partial charge on any atom is -0.458 e. The number of fused-ring (bicyclic) bond motifs is 1. The third-order valence-electron chi connectivity index (χ3n) is 3.48. The van der Waals surface area contributed by atoms with Crippen LogP contribution < -0.4 is 0 Å². The molecule has 0 aliphatic heterocycles. The summed E-state index contributed by atoms with van der Waals surface area (Å²) in [5.41, 5.74) is 1.01. The van der Waals surface area contributed by atoms with E-state index in [9.17, 15) is 4.79 Å². The van der Waals surface area contributed by atoms with Crippen LogP contribution in [0.5, 0.6) is 0 Å². The van der Waals surface area contributed by atoms with E-state index in [1.165, 1.54) is 4.70 Å². The predicted octanol–water partition coefficient (Wildman–Crippen LogP) is 5.51. The number of ether oxygens (including phenoxy) is 1. The van der Waals surface area contributed by atoms with Crippen molar-refractivity contribution in [3.63, 3.8) is 0 Å². The molecule has 0 unspecified atom stereocenters. The molecular weight excluding hydrogens is 360 g/mol. The Balaban J connectivity index is 1.72. The first-order chi connectivity index (χ1) is 10.6. The highest BCUT2D eigenvalue weighted by Crippen LogP contribution is 2.36. The van der Waals surface area contributed by atoms with Crippen molar-refractivity contribution in [1.82, 2.24) is 0 Å². The predicted molar refractivity (Wildman–Crippen MR) is 94.2 cm³/mol. The number of hydrogen-bond acceptors (Lipinski definition) is 3. The minimum absolute atomic E-state index is 0.205. The highest BCUT2D eigenvalue weighted by atomic mass is 79.9. The van der Waals surface area contributed by atoms with Gasteiger partial charge >= 0.3 is 5.97 Å². The third kappa shape index (κ3) is 3.23. The lowest BCUT2D eigenvalue weighted by Crippen LogP contribution is -2.10. The molecule has 0 saturated carbocycles. The summed E-state index contributed by atoms with van der Waals surface area (Å²) in [5, 5.41) is 1.14. The molecule has 4 heteroatoms. The Bertz CT molecular complexity index is 795. The van der Waals surface area contributed by atoms with E-state index in [2.05, 4.69) is 28.1 Å². The monoisotopic (exact) mass is 374 g/mol. The second-order valence-corrected chi connectivity index (χ2v) is 6.98. The van der Waals surface area contributed by atoms with Gasteiger partial charge in [0.15, 0.2) is 0 Å². The molecule has 1 atom stereocenters. The van der Waals surface area contributed by atoms with Crippen LogP contribution in [0.15, 0.2) is 59.1 Å². The lowest BCUT2D eigenvalue weighted by molar-refractivity contribution is -0.147. The lowest BCUT2D eigenvalue weighted by atomic mass is 10.1. The summed E-state index contributed by atoms with van der Waals surface area (Å²) >= 11 is 5.22. The van der Waals surface area contributed by atoms with E-state index >= 15 is 0 Å². The molecule has 0 bridgehead atoms. The molecule has 3 aromatic rings. The van der Waals surface area contributed by atoms with Crippen molar-refractivity contribution in [2.24, 2.45) is 0 Å². The quantitative estimate of drug-likeness (QED) is 0.562. The summed E-state index contributed by atoms with van der Waals surface area (Å²) < 4.78 is 7.71. The van der Waals surface area contributed by atoms with Gasteiger partial charge in [-0.3, -0.25) is 4.79 Å². The Labute approximate surface area is 141 Å². The summed E-state index contributed by atoms with van der Waals surface area (Å²) in [6.45, 7) is 1.90. The van der Waals surface area contributed by atoms with E-state index in [-0.39, 0.29) is 18.5 Å². The normalized spacial score (nSPS) is 12.3. The maximum absolute atomic E-state index is 12.2. The zero-order valence-electron chi connectivity index (χ0n) is 12.1. The first-order valence-corrected chi connectivity index (χ1v) is 8.66. The van der Waals surface area contributed by atoms with Crippen LogP contribution in [0.2, 0.25) is 0 Å². The van der Waals surface area contributed by atoms with Crippen LogP contribution in [-0.2, 0) is 16.0 Å². The van der Waals surface area contributed by atoms with Crippen molar-refractivity contribution in [1.29, 1.82) is 0 Å². The van der Waals surface area contributed by atoms with Crippen molar-refractivity contribution in [2.75, 3.05) is 0 Å². The molecular formula is C18H15BrO2S. The molecule has 1 heterocycles. The topological polar surface area (TPSA) is 26.3 Å². The van der Waals surface area contributed by atoms with Crippen LogP contribution in [0.3, 0.4) is 0 Å². The number of esters is 1. The standard InChI is InChI=1S/C18H15BrO2S/c1-12(13-7-3-2-4-8-13)21-17(20)11-16-18(19)14-9-5-6-10-15(14)22-16/h2-10,12H,11H2,1H3/t12-/m1/s1. The van der Waals surface area contributed by atoms with Crippen molar-refractivity contribution < 1.29 is 9.53 Å². The molecule has 2 nitrogen and oxygen atoms in total. The lowest BCUT2D eigenvalue weighted by Gasteiger charge is -2.13. The van der Waals surface area contributed by atoms with E-state index in [0.717, 1.165) is 20.3 Å². The van der Waals surface area contributed by atoms with Gasteiger partial charge < -0.3 is 4.74 Å². The Morgan fingerprint density at radius 1 is 1.14 bits per heavy atom. The molecule has 22 heavy (non-hydrogen) atoms. The van der Waals surface area contributed by atoms with Gasteiger partial charge in [0.05, 0.1) is 6.42 Å². The number of benzene rings is 2. The smallest absolute Gasteiger partial charge is 0.311 e. The number of carbonyl (C=O) groups excluding carboxylic acids is 1. The first-order valence-electron chi connectivity index (χ1n) is 7.05. The highest BCUT2D eigenvalue weighted by Gasteiger charge is 2.16. The van der Waals surface area contributed by atoms with Crippen molar-refractivity contribution in [3.05, 3.63) is 69.5 Å². The van der Waals surface area contributed by atoms with Gasteiger partial charge in [-0.1, -0.05) is 48.5 Å². The Morgan fingerprint density at radius 3 is 2.55 bits per heavy atom. The second-order valence-electron chi connectivity index (χ2n) is 5.05. The molecule has 112 valence electrons. The van der Waals surface area contributed by atoms with Crippen molar-refractivity contribution in [2.45, 2.75) is 19.4 Å². The summed E-state index contributed by atoms with van der Waals surface area (Å²) in [4.78, 5) is 13.2. The maximum atomic E-state index is 12.2. The van der Waals surface area contributed by atoms with Crippen LogP contribution in [0.25, 0.3) is 10.1 Å². The average Bonchev–Trinajstić information content (AvgIpc) is 2.84. The Morgan fingerprint density at radius 2 is 1.82 bits per heavy atom. The largest absolute Gasteiger partial charge is 0.458 e. The summed E-state index contributed by atoms with van der Waals surface area (Å²) in [7, 11) is 0. The molecule has 2 aromatic carbocycles. The van der Waals surface area contributed by atoms with Crippen LogP contribution >= 0.6 is 27.3 Å². The molecule has 0 saturated heterocycles. The van der Waals surface area contributed by atoms with E-state index in [0.29, 0.717) is 0 Å². The van der Waals surface area contributed by atoms with Crippen LogP contribution in [0, 0.1) is 0 Å². The van der Waals surface area contributed by atoms with Gasteiger partial charge in [-0.05, 0) is 34.5 Å². The fourth-order valence-electron chi connectivity index (χ4n) is 2.34. The summed E-state index contributed by atoms with van der Waals surface area (Å²) in [5.74, 6) is -0.205. The number of thiophene rings is 1. The number of halogens is 1. The minimum atomic E-state index is -0.234. The summed E-state index contributed by atoms with van der Waals surface area (Å²) in [6, 6.07) is 17.9. The second kappa shape index (κ2) is 6.63. The van der Waals surface area contributed by atoms with Gasteiger partial charge in [0, 0.05) is 19.4 Å². The molecule has 0 N–H and O–H groups in total. The van der Waals surface area contributed by atoms with Gasteiger partial charge in [-0.2, -0.15) is 0 Å². The first kappa shape index (κ1) is 15.3. The zero-order valence-corrected chi connectivity index (χ0v) is 14.5. The molecule has 1 aromatic heterocycles. The molecule has 0 fully saturated rings. The van der Waals surface area contributed by atoms with E-state index in [1.54, 1.807) is 11.3 Å². The van der Waals surface area contributed by atoms with Crippen molar-refractivity contribution in [3.8, 4) is 0 Å². The average molecular weight is 375 g/mol. The van der Waals surface area contributed by atoms with Gasteiger partial charge in [0.1, 0.15) is 6.10 Å². The van der Waals surface area contributed by atoms with Crippen LogP contribution in [-0.4, -0.2) is 5.97 Å². The highest BCUT2D eigenvalue weighted by molar-refractivity contribution is 9.10. The molecule has 0 radical (unpaired) electrons. The SMILES string of the molecule is C[C@@H](OC(=O)Cc1sc2ccccc2c1Br)c1ccccc1. The van der Waals surface area contributed by atoms with Gasteiger partial charge in [-0.15, -0.1) is 11.3 Å². The van der Waals surface area contributed by atoms with Crippen LogP contribution in [0.1, 0.15) is 23.5 Å². The Hall–Kier alpha value is -1.65. The van der Waals surface area contributed by atoms with E-state index in [4.69, 9.17) is 4.74 Å². The molecule has 0 aliphatic carbocycles. The fourth-order valence-corrected chi connectivity index (χ4v) is 4.28. The summed E-state index contributed by atoms with van der Waals surface area (Å²) in [6.07, 6.45) is 0.0544. The van der Waals surface area contributed by atoms with Crippen LogP contribution in [0.4, 0.5) is 0 Å². The van der Waals surface area contributed by atoms with E-state index in [1.807, 2.05) is 49.4 Å². The zero-order chi connectivity index (χ0) is 15.5. The van der Waals surface area contributed by atoms with Gasteiger partial charge in [0.25, 0.3) is 0 Å². The molecule has 0 aliphatic rings. The number of rotatable bonds is 4. The van der Waals surface area contributed by atoms with Gasteiger partial charge in [-0.25, -0.2) is 0 Å². The fraction of sp³-hybridized carbons (Fsp3) is 0.167. The van der Waals surface area contributed by atoms with Crippen molar-refractivity contribution >= 4 is 43.3 Å². The maximum Gasteiger partial charge on any atom is 0.311 e. The number of carbonyl (C=O) groups is 1. The van der Waals surface area contributed by atoms with E-state index < -0.39 is 0 Å². The molecule has 0 spiro atoms. The molecule has 0 amide bonds. The number of hydrogen-bond donors (Lipinski definition) is 0. The molecule has 3 rings (SSSR count). The van der Waals surface area contributed by atoms with Gasteiger partial charge in [0.2, 0.25) is 0 Å².